The maximum atomic E-state index is 12.9. The van der Waals surface area contributed by atoms with Crippen LogP contribution in [0.3, 0.4) is 0 Å². The first kappa shape index (κ1) is 15.3. The van der Waals surface area contributed by atoms with E-state index in [-0.39, 0.29) is 11.9 Å². The average Bonchev–Trinajstić information content (AvgIpc) is 3.34. The number of pyridine rings is 1. The van der Waals surface area contributed by atoms with Gasteiger partial charge in [-0.15, -0.1) is 5.10 Å². The molecule has 0 saturated heterocycles. The lowest BCUT2D eigenvalue weighted by Crippen LogP contribution is -2.42. The summed E-state index contributed by atoms with van der Waals surface area (Å²) in [4.78, 5) is 18.7. The third kappa shape index (κ3) is 2.80. The smallest absolute Gasteiger partial charge is 0.254 e. The van der Waals surface area contributed by atoms with Crippen LogP contribution in [0, 0.1) is 5.92 Å². The van der Waals surface area contributed by atoms with Crippen molar-refractivity contribution in [3.05, 3.63) is 41.5 Å². The lowest BCUT2D eigenvalue weighted by molar-refractivity contribution is 0.0490. The Hall–Kier alpha value is -2.28. The van der Waals surface area contributed by atoms with Gasteiger partial charge in [0.2, 0.25) is 0 Å². The maximum Gasteiger partial charge on any atom is 0.254 e. The van der Waals surface area contributed by atoms with Crippen molar-refractivity contribution in [3.63, 3.8) is 0 Å². The molecule has 1 aliphatic heterocycles. The quantitative estimate of drug-likeness (QED) is 0.831. The summed E-state index contributed by atoms with van der Waals surface area (Å²) in [5.41, 5.74) is 2.67. The molecule has 1 amide bonds. The molecule has 7 nitrogen and oxygen atoms in total. The van der Waals surface area contributed by atoms with E-state index >= 15 is 0 Å². The highest BCUT2D eigenvalue weighted by Crippen LogP contribution is 2.34. The molecule has 0 bridgehead atoms. The van der Waals surface area contributed by atoms with Crippen LogP contribution < -0.4 is 0 Å². The summed E-state index contributed by atoms with van der Waals surface area (Å²) in [5, 5.41) is 8.73. The number of ether oxygens (including phenoxy) is 1. The van der Waals surface area contributed by atoms with Gasteiger partial charge in [-0.25, -0.2) is 4.68 Å². The second-order valence-corrected chi connectivity index (χ2v) is 6.50. The van der Waals surface area contributed by atoms with E-state index in [0.717, 1.165) is 30.3 Å². The molecule has 1 atom stereocenters. The molecule has 1 saturated carbocycles. The molecule has 0 radical (unpaired) electrons. The van der Waals surface area contributed by atoms with Crippen LogP contribution in [0.5, 0.6) is 0 Å². The van der Waals surface area contributed by atoms with Crippen molar-refractivity contribution in [2.24, 2.45) is 5.92 Å². The fourth-order valence-electron chi connectivity index (χ4n) is 3.31. The second-order valence-electron chi connectivity index (χ2n) is 6.50. The normalized spacial score (nSPS) is 20.0. The second kappa shape index (κ2) is 6.32. The fourth-order valence-corrected chi connectivity index (χ4v) is 3.31. The van der Waals surface area contributed by atoms with Crippen LogP contribution in [0.1, 0.15) is 40.6 Å². The first-order valence-corrected chi connectivity index (χ1v) is 8.40. The Morgan fingerprint density at radius 1 is 1.33 bits per heavy atom. The van der Waals surface area contributed by atoms with Crippen LogP contribution in [0.25, 0.3) is 0 Å². The van der Waals surface area contributed by atoms with Crippen molar-refractivity contribution >= 4 is 5.91 Å². The maximum absolute atomic E-state index is 12.9. The highest BCUT2D eigenvalue weighted by Gasteiger charge is 2.36. The number of hydrogen-bond acceptors (Lipinski definition) is 5. The predicted octanol–water partition coefficient (Wildman–Crippen LogP) is 1.47. The van der Waals surface area contributed by atoms with Crippen LogP contribution in [0.2, 0.25) is 0 Å². The molecule has 24 heavy (non-hydrogen) atoms. The van der Waals surface area contributed by atoms with Crippen molar-refractivity contribution in [2.45, 2.75) is 31.8 Å². The number of aromatic nitrogens is 4. The Kier molecular flexibility index (Phi) is 4.02. The molecular weight excluding hydrogens is 306 g/mol. The van der Waals surface area contributed by atoms with Crippen LogP contribution >= 0.6 is 0 Å². The Labute approximate surface area is 140 Å². The molecule has 2 aromatic rings. The minimum absolute atomic E-state index is 0.0122. The zero-order valence-electron chi connectivity index (χ0n) is 13.8. The minimum Gasteiger partial charge on any atom is -0.382 e. The van der Waals surface area contributed by atoms with Gasteiger partial charge in [0, 0.05) is 44.6 Å². The Morgan fingerprint density at radius 3 is 2.83 bits per heavy atom. The van der Waals surface area contributed by atoms with E-state index in [4.69, 9.17) is 4.74 Å². The molecule has 1 aliphatic carbocycles. The summed E-state index contributed by atoms with van der Waals surface area (Å²) >= 11 is 0. The molecule has 2 aromatic heterocycles. The van der Waals surface area contributed by atoms with Crippen LogP contribution in [-0.2, 0) is 17.7 Å². The van der Waals surface area contributed by atoms with Gasteiger partial charge in [0.05, 0.1) is 12.3 Å². The average molecular weight is 327 g/mol. The standard InChI is InChI=1S/C17H21N5O2/c1-24-11-15-16-14(22(20-19-16)10-12-2-3-12)6-9-21(15)17(23)13-4-7-18-8-5-13/h4-5,7-8,12,15H,2-3,6,9-11H2,1H3. The molecule has 1 fully saturated rings. The van der Waals surface area contributed by atoms with Gasteiger partial charge in [-0.05, 0) is 30.9 Å². The highest BCUT2D eigenvalue weighted by molar-refractivity contribution is 5.94. The summed E-state index contributed by atoms with van der Waals surface area (Å²) in [6.45, 7) is 2.02. The van der Waals surface area contributed by atoms with E-state index in [9.17, 15) is 4.79 Å². The topological polar surface area (TPSA) is 73.1 Å². The number of fused-ring (bicyclic) bond motifs is 1. The van der Waals surface area contributed by atoms with Gasteiger partial charge < -0.3 is 9.64 Å². The van der Waals surface area contributed by atoms with Crippen LogP contribution in [0.4, 0.5) is 0 Å². The Bertz CT molecular complexity index is 726. The summed E-state index contributed by atoms with van der Waals surface area (Å²) < 4.78 is 7.41. The lowest BCUT2D eigenvalue weighted by Gasteiger charge is -2.34. The molecule has 2 aliphatic rings. The fraction of sp³-hybridized carbons (Fsp3) is 0.529. The molecule has 3 heterocycles. The van der Waals surface area contributed by atoms with Crippen LogP contribution in [0.15, 0.2) is 24.5 Å². The van der Waals surface area contributed by atoms with Crippen molar-refractivity contribution in [2.75, 3.05) is 20.3 Å². The van der Waals surface area contributed by atoms with E-state index < -0.39 is 0 Å². The largest absolute Gasteiger partial charge is 0.382 e. The number of nitrogens with zero attached hydrogens (tertiary/aromatic N) is 5. The number of rotatable bonds is 5. The summed E-state index contributed by atoms with van der Waals surface area (Å²) in [6.07, 6.45) is 6.62. The van der Waals surface area contributed by atoms with E-state index in [2.05, 4.69) is 15.3 Å². The van der Waals surface area contributed by atoms with Gasteiger partial charge >= 0.3 is 0 Å². The molecule has 0 spiro atoms. The number of hydrogen-bond donors (Lipinski definition) is 0. The van der Waals surface area contributed by atoms with Crippen molar-refractivity contribution in [1.82, 2.24) is 24.9 Å². The summed E-state index contributed by atoms with van der Waals surface area (Å²) in [5.74, 6) is 0.731. The van der Waals surface area contributed by atoms with E-state index in [1.54, 1.807) is 31.6 Å². The third-order valence-corrected chi connectivity index (χ3v) is 4.79. The van der Waals surface area contributed by atoms with Crippen LogP contribution in [-0.4, -0.2) is 51.0 Å². The van der Waals surface area contributed by atoms with E-state index in [1.165, 1.54) is 12.8 Å². The predicted molar refractivity (Wildman–Crippen MR) is 86.3 cm³/mol. The Morgan fingerprint density at radius 2 is 2.12 bits per heavy atom. The number of carbonyl (C=O) groups is 1. The molecule has 0 N–H and O–H groups in total. The van der Waals surface area contributed by atoms with Gasteiger partial charge in [0.15, 0.2) is 0 Å². The lowest BCUT2D eigenvalue weighted by atomic mass is 10.0. The van der Waals surface area contributed by atoms with Gasteiger partial charge in [-0.1, -0.05) is 5.21 Å². The zero-order valence-corrected chi connectivity index (χ0v) is 13.8. The first-order valence-electron chi connectivity index (χ1n) is 8.40. The van der Waals surface area contributed by atoms with Gasteiger partial charge in [-0.3, -0.25) is 9.78 Å². The minimum atomic E-state index is -0.188. The molecule has 7 heteroatoms. The monoisotopic (exact) mass is 327 g/mol. The van der Waals surface area contributed by atoms with Crippen molar-refractivity contribution in [1.29, 1.82) is 0 Å². The zero-order chi connectivity index (χ0) is 16.5. The third-order valence-electron chi connectivity index (χ3n) is 4.79. The number of carbonyl (C=O) groups excluding carboxylic acids is 1. The first-order chi connectivity index (χ1) is 11.8. The van der Waals surface area contributed by atoms with Gasteiger partial charge in [0.25, 0.3) is 5.91 Å². The van der Waals surface area contributed by atoms with E-state index in [1.807, 2.05) is 9.58 Å². The Balaban J connectivity index is 1.62. The molecule has 4 rings (SSSR count). The van der Waals surface area contributed by atoms with Gasteiger partial charge in [-0.2, -0.15) is 0 Å². The van der Waals surface area contributed by atoms with Crippen molar-refractivity contribution < 1.29 is 9.53 Å². The highest BCUT2D eigenvalue weighted by atomic mass is 16.5. The molecule has 1 unspecified atom stereocenters. The SMILES string of the molecule is COCC1c2nnn(CC3CC3)c2CCN1C(=O)c1ccncc1. The molecule has 126 valence electrons. The molecule has 0 aromatic carbocycles. The van der Waals surface area contributed by atoms with E-state index in [0.29, 0.717) is 18.7 Å². The van der Waals surface area contributed by atoms with Crippen molar-refractivity contribution in [3.8, 4) is 0 Å². The summed E-state index contributed by atoms with van der Waals surface area (Å²) in [7, 11) is 1.65. The van der Waals surface area contributed by atoms with Gasteiger partial charge in [0.1, 0.15) is 11.7 Å². The summed E-state index contributed by atoms with van der Waals surface area (Å²) in [6, 6.07) is 3.30. The number of amides is 1. The molecular formula is C17H21N5O2. The number of methoxy groups -OCH3 is 1.